The van der Waals surface area contributed by atoms with Gasteiger partial charge in [-0.3, -0.25) is 0 Å². The van der Waals surface area contributed by atoms with Crippen LogP contribution in [0.2, 0.25) is 0 Å². The van der Waals surface area contributed by atoms with Crippen molar-refractivity contribution in [3.63, 3.8) is 0 Å². The van der Waals surface area contributed by atoms with E-state index >= 15 is 0 Å². The van der Waals surface area contributed by atoms with Crippen molar-refractivity contribution in [2.75, 3.05) is 0 Å². The van der Waals surface area contributed by atoms with Gasteiger partial charge in [-0.25, -0.2) is 4.39 Å². The molecule has 1 fully saturated rings. The normalized spacial score (nSPS) is 28.8. The highest BCUT2D eigenvalue weighted by molar-refractivity contribution is 5.34. The second-order valence-electron chi connectivity index (χ2n) is 7.93. The van der Waals surface area contributed by atoms with Crippen LogP contribution in [0.3, 0.4) is 0 Å². The molecule has 0 bridgehead atoms. The van der Waals surface area contributed by atoms with Gasteiger partial charge >= 0.3 is 0 Å². The smallest absolute Gasteiger partial charge is 0.127 e. The fourth-order valence-electron chi connectivity index (χ4n) is 4.86. The maximum absolute atomic E-state index is 13.3. The lowest BCUT2D eigenvalue weighted by atomic mass is 9.72. The van der Waals surface area contributed by atoms with E-state index in [1.165, 1.54) is 42.5 Å². The van der Waals surface area contributed by atoms with Crippen LogP contribution in [0.1, 0.15) is 55.8 Å². The summed E-state index contributed by atoms with van der Waals surface area (Å²) in [4.78, 5) is 0. The molecule has 0 saturated heterocycles. The average Bonchev–Trinajstić information content (AvgIpc) is 2.88. The lowest BCUT2D eigenvalue weighted by molar-refractivity contribution is 0.0708. The lowest BCUT2D eigenvalue weighted by Crippen LogP contribution is -2.33. The van der Waals surface area contributed by atoms with Crippen molar-refractivity contribution >= 4 is 0 Å². The zero-order chi connectivity index (χ0) is 17.9. The van der Waals surface area contributed by atoms with Crippen molar-refractivity contribution in [1.82, 2.24) is 0 Å². The molecule has 4 unspecified atom stereocenters. The number of halogens is 1. The Balaban J connectivity index is 1.64. The summed E-state index contributed by atoms with van der Waals surface area (Å²) in [5.74, 6) is 1.59. The van der Waals surface area contributed by atoms with Gasteiger partial charge < -0.3 is 10.5 Å². The van der Waals surface area contributed by atoms with Gasteiger partial charge in [-0.2, -0.15) is 0 Å². The van der Waals surface area contributed by atoms with Crippen LogP contribution in [0.5, 0.6) is 5.75 Å². The Hall–Kier alpha value is -1.87. The van der Waals surface area contributed by atoms with E-state index in [0.717, 1.165) is 31.4 Å². The van der Waals surface area contributed by atoms with Crippen LogP contribution in [-0.2, 0) is 6.42 Å². The summed E-state index contributed by atoms with van der Waals surface area (Å²) in [5.41, 5.74) is 9.04. The number of hydrogen-bond donors (Lipinski definition) is 1. The van der Waals surface area contributed by atoms with Crippen LogP contribution >= 0.6 is 0 Å². The monoisotopic (exact) mass is 353 g/mol. The molecule has 2 N–H and O–H groups in total. The highest BCUT2D eigenvalue weighted by Crippen LogP contribution is 2.45. The molecule has 2 aliphatic carbocycles. The van der Waals surface area contributed by atoms with E-state index in [-0.39, 0.29) is 11.9 Å². The number of rotatable bonds is 3. The first-order chi connectivity index (χ1) is 12.7. The van der Waals surface area contributed by atoms with Crippen LogP contribution in [0.15, 0.2) is 48.5 Å². The number of nitrogens with two attached hydrogens (primary N) is 1. The third-order valence-corrected chi connectivity index (χ3v) is 6.19. The van der Waals surface area contributed by atoms with Gasteiger partial charge in [0, 0.05) is 12.0 Å². The molecular formula is C23H28FNO. The van der Waals surface area contributed by atoms with Crippen LogP contribution in [0.25, 0.3) is 0 Å². The summed E-state index contributed by atoms with van der Waals surface area (Å²) in [5, 5.41) is 0. The van der Waals surface area contributed by atoms with E-state index in [0.29, 0.717) is 17.9 Å². The first-order valence-corrected chi connectivity index (χ1v) is 9.96. The molecule has 1 saturated carbocycles. The molecule has 3 heteroatoms. The maximum Gasteiger partial charge on any atom is 0.127 e. The Morgan fingerprint density at radius 2 is 1.69 bits per heavy atom. The molecule has 138 valence electrons. The summed E-state index contributed by atoms with van der Waals surface area (Å²) in [7, 11) is 0. The number of benzene rings is 2. The summed E-state index contributed by atoms with van der Waals surface area (Å²) in [6.07, 6.45) is 8.25. The molecule has 4 atom stereocenters. The predicted octanol–water partition coefficient (Wildman–Crippen LogP) is 5.42. The van der Waals surface area contributed by atoms with Crippen molar-refractivity contribution < 1.29 is 9.13 Å². The van der Waals surface area contributed by atoms with Crippen molar-refractivity contribution in [1.29, 1.82) is 0 Å². The average molecular weight is 353 g/mol. The largest absolute Gasteiger partial charge is 0.485 e. The van der Waals surface area contributed by atoms with Gasteiger partial charge in [-0.15, -0.1) is 0 Å². The van der Waals surface area contributed by atoms with Gasteiger partial charge in [-0.1, -0.05) is 37.1 Å². The zero-order valence-corrected chi connectivity index (χ0v) is 15.2. The van der Waals surface area contributed by atoms with Crippen LogP contribution in [-0.4, -0.2) is 6.04 Å². The van der Waals surface area contributed by atoms with E-state index in [4.69, 9.17) is 10.5 Å². The first kappa shape index (κ1) is 17.5. The number of hydrogen-bond acceptors (Lipinski definition) is 2. The molecule has 2 aromatic carbocycles. The molecule has 0 aliphatic heterocycles. The Kier molecular flexibility index (Phi) is 5.26. The van der Waals surface area contributed by atoms with Gasteiger partial charge in [0.25, 0.3) is 0 Å². The fourth-order valence-corrected chi connectivity index (χ4v) is 4.86. The first-order valence-electron chi connectivity index (χ1n) is 9.96. The number of ether oxygens (including phenoxy) is 1. The molecule has 2 aliphatic rings. The van der Waals surface area contributed by atoms with E-state index in [2.05, 4.69) is 24.3 Å². The third-order valence-electron chi connectivity index (χ3n) is 6.19. The highest BCUT2D eigenvalue weighted by Gasteiger charge is 2.37. The van der Waals surface area contributed by atoms with E-state index < -0.39 is 0 Å². The predicted molar refractivity (Wildman–Crippen MR) is 103 cm³/mol. The standard InChI is InChI=1S/C23H28FNO/c24-18-10-12-20(13-11-18)26-23-21-8-4-2-5-16(21)9-14-22(23)17-6-1-3-7-19(25)15-17/h2,4-5,8,10-13,17,19,22-23H,1,3,6-7,9,14-15,25H2. The molecule has 0 amide bonds. The SMILES string of the molecule is NC1CCCCC(C2CCc3ccccc3C2Oc2ccc(F)cc2)C1. The minimum atomic E-state index is -0.229. The Morgan fingerprint density at radius 3 is 2.54 bits per heavy atom. The molecule has 2 aromatic rings. The summed E-state index contributed by atoms with van der Waals surface area (Å²) < 4.78 is 19.8. The Morgan fingerprint density at radius 1 is 0.923 bits per heavy atom. The summed E-state index contributed by atoms with van der Waals surface area (Å²) in [6, 6.07) is 15.4. The van der Waals surface area contributed by atoms with Gasteiger partial charge in [0.05, 0.1) is 0 Å². The lowest BCUT2D eigenvalue weighted by Gasteiger charge is -2.39. The van der Waals surface area contributed by atoms with Crippen LogP contribution in [0.4, 0.5) is 4.39 Å². The van der Waals surface area contributed by atoms with Crippen molar-refractivity contribution in [3.8, 4) is 5.75 Å². The molecule has 0 heterocycles. The number of aryl methyl sites for hydroxylation is 1. The summed E-state index contributed by atoms with van der Waals surface area (Å²) >= 11 is 0. The quantitative estimate of drug-likeness (QED) is 0.748. The minimum Gasteiger partial charge on any atom is -0.485 e. The highest BCUT2D eigenvalue weighted by atomic mass is 19.1. The second-order valence-corrected chi connectivity index (χ2v) is 7.93. The molecular weight excluding hydrogens is 325 g/mol. The third kappa shape index (κ3) is 3.78. The maximum atomic E-state index is 13.3. The van der Waals surface area contributed by atoms with Gasteiger partial charge in [0.15, 0.2) is 0 Å². The Labute approximate surface area is 155 Å². The molecule has 0 radical (unpaired) electrons. The Bertz CT molecular complexity index is 729. The zero-order valence-electron chi connectivity index (χ0n) is 15.2. The topological polar surface area (TPSA) is 35.2 Å². The van der Waals surface area contributed by atoms with Crippen LogP contribution in [0, 0.1) is 17.7 Å². The van der Waals surface area contributed by atoms with Gasteiger partial charge in [0.2, 0.25) is 0 Å². The van der Waals surface area contributed by atoms with E-state index in [1.807, 2.05) is 0 Å². The van der Waals surface area contributed by atoms with Gasteiger partial charge in [0.1, 0.15) is 17.7 Å². The van der Waals surface area contributed by atoms with Gasteiger partial charge in [-0.05, 0) is 73.4 Å². The van der Waals surface area contributed by atoms with Crippen LogP contribution < -0.4 is 10.5 Å². The molecule has 26 heavy (non-hydrogen) atoms. The van der Waals surface area contributed by atoms with Crippen molar-refractivity contribution in [3.05, 3.63) is 65.5 Å². The van der Waals surface area contributed by atoms with E-state index in [9.17, 15) is 4.39 Å². The molecule has 2 nitrogen and oxygen atoms in total. The molecule has 4 rings (SSSR count). The molecule has 0 aromatic heterocycles. The van der Waals surface area contributed by atoms with Crippen molar-refractivity contribution in [2.45, 2.75) is 57.1 Å². The fraction of sp³-hybridized carbons (Fsp3) is 0.478. The van der Waals surface area contributed by atoms with Crippen molar-refractivity contribution in [2.24, 2.45) is 17.6 Å². The second kappa shape index (κ2) is 7.79. The minimum absolute atomic E-state index is 0.0284. The number of fused-ring (bicyclic) bond motifs is 1. The summed E-state index contributed by atoms with van der Waals surface area (Å²) in [6.45, 7) is 0. The van der Waals surface area contributed by atoms with E-state index in [1.54, 1.807) is 12.1 Å². The molecule has 0 spiro atoms.